The molecular formula is C42H33BrN6O. The molecule has 8 heteroatoms. The average Bonchev–Trinajstić information content (AvgIpc) is 3.75. The number of nitrogens with one attached hydrogen (secondary N) is 2. The van der Waals surface area contributed by atoms with Crippen LogP contribution in [0.3, 0.4) is 0 Å². The number of halogens is 1. The third kappa shape index (κ3) is 5.77. The van der Waals surface area contributed by atoms with Crippen molar-refractivity contribution < 1.29 is 4.79 Å². The zero-order valence-corrected chi connectivity index (χ0v) is 28.9. The van der Waals surface area contributed by atoms with Crippen LogP contribution in [-0.2, 0) is 12.0 Å². The highest BCUT2D eigenvalue weighted by molar-refractivity contribution is 9.10. The number of hydrogen-bond donors (Lipinski definition) is 2. The Morgan fingerprint density at radius 3 is 1.92 bits per heavy atom. The van der Waals surface area contributed by atoms with Crippen molar-refractivity contribution in [1.29, 1.82) is 0 Å². The lowest BCUT2D eigenvalue weighted by Crippen LogP contribution is -2.35. The first kappa shape index (κ1) is 31.4. The van der Waals surface area contributed by atoms with Crippen LogP contribution in [0.1, 0.15) is 45.8 Å². The van der Waals surface area contributed by atoms with Gasteiger partial charge in [-0.2, -0.15) is 0 Å². The summed E-state index contributed by atoms with van der Waals surface area (Å²) in [4.78, 5) is 27.2. The molecule has 0 aliphatic heterocycles. The molecule has 0 aliphatic carbocycles. The molecule has 7 nitrogen and oxygen atoms in total. The predicted molar refractivity (Wildman–Crippen MR) is 202 cm³/mol. The minimum absolute atomic E-state index is 0.141. The molecule has 8 aromatic rings. The fraction of sp³-hybridized carbons (Fsp3) is 0.0952. The number of benzene rings is 5. The van der Waals surface area contributed by atoms with Gasteiger partial charge in [-0.1, -0.05) is 119 Å². The molecule has 1 atom stereocenters. The molecule has 2 N–H and O–H groups in total. The number of carbonyl (C=O) groups excluding carboxylic acids is 1. The number of aromatic nitrogens is 5. The number of imidazole rings is 1. The molecular weight excluding hydrogens is 684 g/mol. The summed E-state index contributed by atoms with van der Waals surface area (Å²) < 4.78 is 3.16. The number of fused-ring (bicyclic) bond motifs is 2. The van der Waals surface area contributed by atoms with Gasteiger partial charge >= 0.3 is 0 Å². The molecule has 3 heterocycles. The summed E-state index contributed by atoms with van der Waals surface area (Å²) in [5, 5.41) is 7.81. The zero-order chi connectivity index (χ0) is 34.1. The molecule has 0 bridgehead atoms. The summed E-state index contributed by atoms with van der Waals surface area (Å²) in [6.45, 7) is 2.51. The third-order valence-corrected chi connectivity index (χ3v) is 9.91. The Bertz CT molecular complexity index is 2330. The maximum absolute atomic E-state index is 13.5. The molecule has 5 aromatic carbocycles. The monoisotopic (exact) mass is 716 g/mol. The highest BCUT2D eigenvalue weighted by Gasteiger charge is 2.37. The molecule has 0 saturated carbocycles. The van der Waals surface area contributed by atoms with E-state index in [-0.39, 0.29) is 17.8 Å². The Labute approximate surface area is 298 Å². The van der Waals surface area contributed by atoms with Crippen molar-refractivity contribution in [2.24, 2.45) is 0 Å². The normalized spacial score (nSPS) is 12.3. The molecule has 1 amide bonds. The summed E-state index contributed by atoms with van der Waals surface area (Å²) in [5.41, 5.74) is 8.13. The molecule has 3 aromatic heterocycles. The molecule has 0 radical (unpaired) electrons. The van der Waals surface area contributed by atoms with Gasteiger partial charge in [0.1, 0.15) is 0 Å². The lowest BCUT2D eigenvalue weighted by molar-refractivity contribution is 0.0930. The lowest BCUT2D eigenvalue weighted by atomic mass is 9.69. The molecule has 0 fully saturated rings. The van der Waals surface area contributed by atoms with Crippen LogP contribution in [0.2, 0.25) is 0 Å². The molecule has 0 aliphatic rings. The van der Waals surface area contributed by atoms with E-state index in [4.69, 9.17) is 9.97 Å². The van der Waals surface area contributed by atoms with E-state index in [1.54, 1.807) is 12.4 Å². The van der Waals surface area contributed by atoms with E-state index in [1.165, 1.54) is 16.7 Å². The number of carbonyl (C=O) groups is 1. The standard InChI is InChI=1S/C42H33BrN6O/c1-28(30-12-11-19-34(43)24-30)45-41(50)40-46-36-25-35-38(26-37(36)47-40)49(48-39(35)29-20-22-44-23-21-29)27-42(31-13-5-2-6-14-31,32-15-7-3-8-16-32)33-17-9-4-10-18-33/h2-26,28,48H,27H2,1H3,(H,45,50). The van der Waals surface area contributed by atoms with E-state index in [0.717, 1.165) is 32.2 Å². The predicted octanol–water partition coefficient (Wildman–Crippen LogP) is 9.26. The summed E-state index contributed by atoms with van der Waals surface area (Å²) in [6, 6.07) is 47.7. The van der Waals surface area contributed by atoms with Gasteiger partial charge in [0.25, 0.3) is 5.91 Å². The maximum atomic E-state index is 13.5. The van der Waals surface area contributed by atoms with Crippen LogP contribution in [0.5, 0.6) is 0 Å². The Balaban J connectivity index is 1.29. The van der Waals surface area contributed by atoms with E-state index in [9.17, 15) is 4.79 Å². The van der Waals surface area contributed by atoms with E-state index in [1.807, 2.05) is 55.5 Å². The van der Waals surface area contributed by atoms with Crippen LogP contribution in [0.25, 0.3) is 33.2 Å². The maximum Gasteiger partial charge on any atom is 0.289 e. The fourth-order valence-electron chi connectivity index (χ4n) is 6.94. The van der Waals surface area contributed by atoms with Crippen molar-refractivity contribution in [3.05, 3.63) is 184 Å². The first-order valence-electron chi connectivity index (χ1n) is 16.5. The van der Waals surface area contributed by atoms with E-state index < -0.39 is 5.41 Å². The minimum Gasteiger partial charge on any atom is -0.343 e. The highest BCUT2D eigenvalue weighted by Crippen LogP contribution is 2.42. The van der Waals surface area contributed by atoms with Crippen LogP contribution >= 0.6 is 15.9 Å². The number of aromatic amines is 1. The number of hydrogen-bond acceptors (Lipinski definition) is 4. The number of rotatable bonds is 9. The SMILES string of the molecule is CC(NC(=O)c1nc2cc3c(-c4ccncc4)[nH]n(CC(c4ccccc4)(c4ccccc4)c4ccccc4)c3cc2n1)c1cccc(Br)c1. The minimum atomic E-state index is -0.554. The molecule has 50 heavy (non-hydrogen) atoms. The molecule has 8 rings (SSSR count). The second-order valence-corrected chi connectivity index (χ2v) is 13.4. The first-order valence-corrected chi connectivity index (χ1v) is 17.3. The molecule has 0 spiro atoms. The highest BCUT2D eigenvalue weighted by atomic mass is 79.9. The Morgan fingerprint density at radius 2 is 1.34 bits per heavy atom. The molecule has 244 valence electrons. The largest absolute Gasteiger partial charge is 0.343 e. The second kappa shape index (κ2) is 13.2. The van der Waals surface area contributed by atoms with Gasteiger partial charge < -0.3 is 5.32 Å². The third-order valence-electron chi connectivity index (χ3n) is 9.42. The van der Waals surface area contributed by atoms with Crippen molar-refractivity contribution in [1.82, 2.24) is 30.0 Å². The first-order chi connectivity index (χ1) is 24.5. The topological polar surface area (TPSA) is 88.5 Å². The Kier molecular flexibility index (Phi) is 8.30. The van der Waals surface area contributed by atoms with Gasteiger partial charge in [-0.25, -0.2) is 9.97 Å². The summed E-state index contributed by atoms with van der Waals surface area (Å²) >= 11 is 3.52. The van der Waals surface area contributed by atoms with E-state index in [0.29, 0.717) is 17.6 Å². The molecule has 0 saturated heterocycles. The Morgan fingerprint density at radius 1 is 0.760 bits per heavy atom. The van der Waals surface area contributed by atoms with Gasteiger partial charge in [-0.15, -0.1) is 0 Å². The zero-order valence-electron chi connectivity index (χ0n) is 27.3. The number of H-pyrrole nitrogens is 1. The van der Waals surface area contributed by atoms with Gasteiger partial charge in [0, 0.05) is 27.8 Å². The van der Waals surface area contributed by atoms with Crippen LogP contribution < -0.4 is 5.32 Å². The van der Waals surface area contributed by atoms with Crippen molar-refractivity contribution in [2.45, 2.75) is 24.9 Å². The van der Waals surface area contributed by atoms with Crippen molar-refractivity contribution >= 4 is 43.8 Å². The van der Waals surface area contributed by atoms with Gasteiger partial charge in [0.2, 0.25) is 5.82 Å². The second-order valence-electron chi connectivity index (χ2n) is 12.5. The van der Waals surface area contributed by atoms with Gasteiger partial charge in [0.05, 0.1) is 40.2 Å². The van der Waals surface area contributed by atoms with Crippen molar-refractivity contribution in [3.8, 4) is 11.3 Å². The summed E-state index contributed by atoms with van der Waals surface area (Å²) in [6.07, 6.45) is 3.59. The van der Waals surface area contributed by atoms with Crippen LogP contribution in [0, 0.1) is 0 Å². The average molecular weight is 718 g/mol. The van der Waals surface area contributed by atoms with Crippen LogP contribution in [-0.4, -0.2) is 30.6 Å². The lowest BCUT2D eigenvalue weighted by Gasteiger charge is -2.36. The van der Waals surface area contributed by atoms with Gasteiger partial charge in [-0.3, -0.25) is 19.6 Å². The Hall–Kier alpha value is -5.86. The van der Waals surface area contributed by atoms with Crippen LogP contribution in [0.4, 0.5) is 0 Å². The smallest absolute Gasteiger partial charge is 0.289 e. The van der Waals surface area contributed by atoms with Crippen molar-refractivity contribution in [2.75, 3.05) is 0 Å². The number of amides is 1. The van der Waals surface area contributed by atoms with Crippen molar-refractivity contribution in [3.63, 3.8) is 0 Å². The van der Waals surface area contributed by atoms with Gasteiger partial charge in [0.15, 0.2) is 0 Å². The molecule has 1 unspecified atom stereocenters. The van der Waals surface area contributed by atoms with E-state index >= 15 is 0 Å². The number of pyridine rings is 1. The summed E-state index contributed by atoms with van der Waals surface area (Å²) in [5.74, 6) is -0.180. The number of nitrogens with zero attached hydrogens (tertiary/aromatic N) is 4. The fourth-order valence-corrected chi connectivity index (χ4v) is 7.36. The van der Waals surface area contributed by atoms with Crippen LogP contribution in [0.15, 0.2) is 156 Å². The quantitative estimate of drug-likeness (QED) is 0.146. The van der Waals surface area contributed by atoms with Gasteiger partial charge in [-0.05, 0) is 65.6 Å². The van der Waals surface area contributed by atoms with E-state index in [2.05, 4.69) is 127 Å². The summed E-state index contributed by atoms with van der Waals surface area (Å²) in [7, 11) is 0.